The molecule has 19 heavy (non-hydrogen) atoms. The van der Waals surface area contributed by atoms with E-state index in [0.29, 0.717) is 6.10 Å². The molecule has 0 bridgehead atoms. The van der Waals surface area contributed by atoms with E-state index in [1.54, 1.807) is 6.92 Å². The van der Waals surface area contributed by atoms with Gasteiger partial charge in [0, 0.05) is 5.56 Å². The van der Waals surface area contributed by atoms with Crippen molar-refractivity contribution in [1.29, 1.82) is 0 Å². The van der Waals surface area contributed by atoms with Crippen LogP contribution in [0.4, 0.5) is 0 Å². The van der Waals surface area contributed by atoms with Gasteiger partial charge in [0.1, 0.15) is 5.75 Å². The molecule has 2 aromatic carbocycles. The van der Waals surface area contributed by atoms with Crippen molar-refractivity contribution in [3.05, 3.63) is 54.1 Å². The predicted molar refractivity (Wildman–Crippen MR) is 75.5 cm³/mol. The predicted octanol–water partition coefficient (Wildman–Crippen LogP) is 4.10. The zero-order valence-electron chi connectivity index (χ0n) is 10.9. The molecule has 3 rings (SSSR count). The van der Waals surface area contributed by atoms with Gasteiger partial charge in [-0.2, -0.15) is 0 Å². The van der Waals surface area contributed by atoms with Crippen LogP contribution in [0.25, 0.3) is 11.1 Å². The average Bonchev–Trinajstić information content (AvgIpc) is 3.23. The molecular formula is C17H16O2. The second-order valence-electron chi connectivity index (χ2n) is 4.98. The Morgan fingerprint density at radius 2 is 1.74 bits per heavy atom. The molecule has 0 N–H and O–H groups in total. The zero-order valence-corrected chi connectivity index (χ0v) is 10.9. The van der Waals surface area contributed by atoms with Crippen LogP contribution in [0.3, 0.4) is 0 Å². The molecule has 0 radical (unpaired) electrons. The number of carbonyl (C=O) groups excluding carboxylic acids is 1. The fourth-order valence-electron chi connectivity index (χ4n) is 2.05. The van der Waals surface area contributed by atoms with Crippen molar-refractivity contribution in [2.45, 2.75) is 25.9 Å². The standard InChI is InChI=1S/C17H16O2/c1-12(18)13-4-2-5-14(10-13)15-6-3-7-17(11-15)19-16-8-9-16/h2-7,10-11,16H,8-9H2,1H3. The topological polar surface area (TPSA) is 26.3 Å². The highest BCUT2D eigenvalue weighted by Gasteiger charge is 2.23. The van der Waals surface area contributed by atoms with Gasteiger partial charge in [-0.3, -0.25) is 4.79 Å². The maximum atomic E-state index is 11.4. The van der Waals surface area contributed by atoms with Crippen molar-refractivity contribution in [2.24, 2.45) is 0 Å². The number of hydrogen-bond acceptors (Lipinski definition) is 2. The normalized spacial score (nSPS) is 14.2. The molecule has 2 heteroatoms. The SMILES string of the molecule is CC(=O)c1cccc(-c2cccc(OC3CC3)c2)c1. The summed E-state index contributed by atoms with van der Waals surface area (Å²) in [5.41, 5.74) is 2.88. The Hall–Kier alpha value is -2.09. The van der Waals surface area contributed by atoms with Crippen molar-refractivity contribution < 1.29 is 9.53 Å². The molecule has 0 aliphatic heterocycles. The van der Waals surface area contributed by atoms with Crippen LogP contribution >= 0.6 is 0 Å². The lowest BCUT2D eigenvalue weighted by atomic mass is 10.0. The second kappa shape index (κ2) is 4.88. The molecule has 0 heterocycles. The number of rotatable bonds is 4. The van der Waals surface area contributed by atoms with Crippen LogP contribution in [0.5, 0.6) is 5.75 Å². The summed E-state index contributed by atoms with van der Waals surface area (Å²) >= 11 is 0. The number of carbonyl (C=O) groups is 1. The summed E-state index contributed by atoms with van der Waals surface area (Å²) in [6, 6.07) is 15.8. The quantitative estimate of drug-likeness (QED) is 0.766. The molecule has 1 fully saturated rings. The third kappa shape index (κ3) is 2.84. The lowest BCUT2D eigenvalue weighted by molar-refractivity contribution is 0.101. The first-order chi connectivity index (χ1) is 9.22. The van der Waals surface area contributed by atoms with Crippen molar-refractivity contribution in [3.8, 4) is 16.9 Å². The number of hydrogen-bond donors (Lipinski definition) is 0. The summed E-state index contributed by atoms with van der Waals surface area (Å²) < 4.78 is 5.80. The minimum atomic E-state index is 0.0900. The molecule has 1 saturated carbocycles. The second-order valence-corrected chi connectivity index (χ2v) is 4.98. The average molecular weight is 252 g/mol. The smallest absolute Gasteiger partial charge is 0.159 e. The third-order valence-electron chi connectivity index (χ3n) is 3.26. The highest BCUT2D eigenvalue weighted by atomic mass is 16.5. The van der Waals surface area contributed by atoms with Crippen LogP contribution in [0, 0.1) is 0 Å². The van der Waals surface area contributed by atoms with Gasteiger partial charge in [-0.25, -0.2) is 0 Å². The minimum Gasteiger partial charge on any atom is -0.490 e. The first kappa shape index (κ1) is 12.0. The van der Waals surface area contributed by atoms with E-state index in [2.05, 4.69) is 0 Å². The van der Waals surface area contributed by atoms with Crippen molar-refractivity contribution in [2.75, 3.05) is 0 Å². The number of Topliss-reactive ketones (excluding diaryl/α,β-unsaturated/α-hetero) is 1. The van der Waals surface area contributed by atoms with Gasteiger partial charge in [0.25, 0.3) is 0 Å². The van der Waals surface area contributed by atoms with E-state index in [1.165, 1.54) is 0 Å². The molecule has 0 unspecified atom stereocenters. The van der Waals surface area contributed by atoms with E-state index < -0.39 is 0 Å². The molecule has 0 aromatic heterocycles. The Morgan fingerprint density at radius 1 is 1.05 bits per heavy atom. The highest BCUT2D eigenvalue weighted by Crippen LogP contribution is 2.30. The summed E-state index contributed by atoms with van der Waals surface area (Å²) in [7, 11) is 0. The number of benzene rings is 2. The third-order valence-corrected chi connectivity index (χ3v) is 3.26. The fraction of sp³-hybridized carbons (Fsp3) is 0.235. The summed E-state index contributed by atoms with van der Waals surface area (Å²) in [6.45, 7) is 1.59. The maximum absolute atomic E-state index is 11.4. The van der Waals surface area contributed by atoms with E-state index in [-0.39, 0.29) is 5.78 Å². The monoisotopic (exact) mass is 252 g/mol. The molecule has 1 aliphatic rings. The van der Waals surface area contributed by atoms with Gasteiger partial charge in [-0.1, -0.05) is 30.3 Å². The molecule has 0 spiro atoms. The minimum absolute atomic E-state index is 0.0900. The Kier molecular flexibility index (Phi) is 3.08. The van der Waals surface area contributed by atoms with Crippen LogP contribution in [-0.4, -0.2) is 11.9 Å². The largest absolute Gasteiger partial charge is 0.490 e. The first-order valence-corrected chi connectivity index (χ1v) is 6.60. The van der Waals surface area contributed by atoms with E-state index in [9.17, 15) is 4.79 Å². The fourth-order valence-corrected chi connectivity index (χ4v) is 2.05. The van der Waals surface area contributed by atoms with Gasteiger partial charge in [-0.15, -0.1) is 0 Å². The van der Waals surface area contributed by atoms with Gasteiger partial charge >= 0.3 is 0 Å². The van der Waals surface area contributed by atoms with E-state index in [0.717, 1.165) is 35.3 Å². The number of ketones is 1. The van der Waals surface area contributed by atoms with Crippen molar-refractivity contribution in [1.82, 2.24) is 0 Å². The van der Waals surface area contributed by atoms with Crippen LogP contribution in [-0.2, 0) is 0 Å². The van der Waals surface area contributed by atoms with E-state index >= 15 is 0 Å². The Bertz CT molecular complexity index is 612. The summed E-state index contributed by atoms with van der Waals surface area (Å²) in [6.07, 6.45) is 2.72. The van der Waals surface area contributed by atoms with Gasteiger partial charge in [-0.05, 0) is 49.1 Å². The lowest BCUT2D eigenvalue weighted by Gasteiger charge is -2.08. The Balaban J connectivity index is 1.91. The van der Waals surface area contributed by atoms with Crippen LogP contribution in [0.1, 0.15) is 30.1 Å². The molecular weight excluding hydrogens is 236 g/mol. The van der Waals surface area contributed by atoms with Gasteiger partial charge in [0.05, 0.1) is 6.10 Å². The Morgan fingerprint density at radius 3 is 2.42 bits per heavy atom. The van der Waals surface area contributed by atoms with Crippen LogP contribution in [0.15, 0.2) is 48.5 Å². The van der Waals surface area contributed by atoms with E-state index in [4.69, 9.17) is 4.74 Å². The molecule has 96 valence electrons. The van der Waals surface area contributed by atoms with Crippen molar-refractivity contribution in [3.63, 3.8) is 0 Å². The molecule has 1 aliphatic carbocycles. The van der Waals surface area contributed by atoms with Crippen LogP contribution < -0.4 is 4.74 Å². The molecule has 0 atom stereocenters. The number of ether oxygens (including phenoxy) is 1. The summed E-state index contributed by atoms with van der Waals surface area (Å²) in [4.78, 5) is 11.4. The molecule has 0 amide bonds. The van der Waals surface area contributed by atoms with E-state index in [1.807, 2.05) is 48.5 Å². The summed E-state index contributed by atoms with van der Waals surface area (Å²) in [5.74, 6) is 1.00. The maximum Gasteiger partial charge on any atom is 0.159 e. The van der Waals surface area contributed by atoms with Gasteiger partial charge < -0.3 is 4.74 Å². The highest BCUT2D eigenvalue weighted by molar-refractivity contribution is 5.95. The van der Waals surface area contributed by atoms with Crippen LogP contribution in [0.2, 0.25) is 0 Å². The van der Waals surface area contributed by atoms with Crippen molar-refractivity contribution >= 4 is 5.78 Å². The summed E-state index contributed by atoms with van der Waals surface area (Å²) in [5, 5.41) is 0. The zero-order chi connectivity index (χ0) is 13.2. The lowest BCUT2D eigenvalue weighted by Crippen LogP contribution is -1.96. The molecule has 2 nitrogen and oxygen atoms in total. The molecule has 0 saturated heterocycles. The first-order valence-electron chi connectivity index (χ1n) is 6.60. The Labute approximate surface area is 113 Å². The van der Waals surface area contributed by atoms with Gasteiger partial charge in [0.2, 0.25) is 0 Å². The van der Waals surface area contributed by atoms with Gasteiger partial charge in [0.15, 0.2) is 5.78 Å². The molecule has 2 aromatic rings.